The van der Waals surface area contributed by atoms with E-state index in [0.29, 0.717) is 11.4 Å². The summed E-state index contributed by atoms with van der Waals surface area (Å²) in [6.07, 6.45) is 0. The van der Waals surface area contributed by atoms with Crippen LogP contribution in [0.25, 0.3) is 10.2 Å². The Kier molecular flexibility index (Phi) is 3.10. The maximum atomic E-state index is 6.08. The average Bonchev–Trinajstić information content (AvgIpc) is 2.72. The number of aryl methyl sites for hydroxylation is 3. The molecule has 0 amide bonds. The fourth-order valence-electron chi connectivity index (χ4n) is 2.21. The fourth-order valence-corrected chi connectivity index (χ4v) is 3.06. The lowest BCUT2D eigenvalue weighted by Crippen LogP contribution is -1.93. The van der Waals surface area contributed by atoms with E-state index in [1.807, 2.05) is 38.1 Å². The zero-order valence-electron chi connectivity index (χ0n) is 11.7. The Morgan fingerprint density at radius 2 is 1.85 bits per heavy atom. The predicted octanol–water partition coefficient (Wildman–Crippen LogP) is 4.60. The maximum Gasteiger partial charge on any atom is 0.152 e. The van der Waals surface area contributed by atoms with E-state index >= 15 is 0 Å². The minimum atomic E-state index is 0.640. The second-order valence-corrected chi connectivity index (χ2v) is 6.20. The van der Waals surface area contributed by atoms with Gasteiger partial charge < -0.3 is 10.5 Å². The largest absolute Gasteiger partial charge is 0.455 e. The summed E-state index contributed by atoms with van der Waals surface area (Å²) in [4.78, 5) is 4.48. The third kappa shape index (κ3) is 2.34. The van der Waals surface area contributed by atoms with Gasteiger partial charge in [-0.3, -0.25) is 0 Å². The lowest BCUT2D eigenvalue weighted by Gasteiger charge is -2.11. The summed E-state index contributed by atoms with van der Waals surface area (Å²) in [7, 11) is 0. The van der Waals surface area contributed by atoms with Crippen LogP contribution >= 0.6 is 11.3 Å². The second kappa shape index (κ2) is 4.80. The van der Waals surface area contributed by atoms with E-state index < -0.39 is 0 Å². The van der Waals surface area contributed by atoms with Gasteiger partial charge in [0, 0.05) is 6.07 Å². The monoisotopic (exact) mass is 284 g/mol. The summed E-state index contributed by atoms with van der Waals surface area (Å²) < 4.78 is 7.04. The molecule has 0 aliphatic carbocycles. The topological polar surface area (TPSA) is 48.1 Å². The van der Waals surface area contributed by atoms with Crippen LogP contribution in [-0.4, -0.2) is 4.98 Å². The number of aromatic nitrogens is 1. The lowest BCUT2D eigenvalue weighted by molar-refractivity contribution is 0.482. The number of anilines is 1. The molecule has 3 nitrogen and oxygen atoms in total. The quantitative estimate of drug-likeness (QED) is 0.700. The highest BCUT2D eigenvalue weighted by Crippen LogP contribution is 2.35. The van der Waals surface area contributed by atoms with E-state index in [1.54, 1.807) is 11.3 Å². The molecule has 0 radical (unpaired) electrons. The van der Waals surface area contributed by atoms with Gasteiger partial charge >= 0.3 is 0 Å². The first-order valence-corrected chi connectivity index (χ1v) is 7.26. The zero-order chi connectivity index (χ0) is 14.3. The van der Waals surface area contributed by atoms with E-state index in [-0.39, 0.29) is 0 Å². The minimum Gasteiger partial charge on any atom is -0.455 e. The van der Waals surface area contributed by atoms with Crippen molar-refractivity contribution >= 4 is 27.2 Å². The van der Waals surface area contributed by atoms with Crippen molar-refractivity contribution in [3.05, 3.63) is 46.5 Å². The molecule has 0 fully saturated rings. The molecule has 0 aliphatic heterocycles. The van der Waals surface area contributed by atoms with Crippen molar-refractivity contribution in [1.29, 1.82) is 0 Å². The molecular weight excluding hydrogens is 268 g/mol. The molecule has 0 aliphatic rings. The predicted molar refractivity (Wildman–Crippen MR) is 84.8 cm³/mol. The van der Waals surface area contributed by atoms with Crippen molar-refractivity contribution in [3.8, 4) is 11.5 Å². The van der Waals surface area contributed by atoms with Gasteiger partial charge in [-0.15, -0.1) is 11.3 Å². The second-order valence-electron chi connectivity index (χ2n) is 4.96. The molecule has 0 atom stereocenters. The molecular formula is C16H16N2OS. The Bertz CT molecular complexity index is 793. The van der Waals surface area contributed by atoms with Gasteiger partial charge in [0.2, 0.25) is 0 Å². The van der Waals surface area contributed by atoms with E-state index in [1.165, 1.54) is 5.56 Å². The van der Waals surface area contributed by atoms with Crippen molar-refractivity contribution in [3.63, 3.8) is 0 Å². The molecule has 0 saturated carbocycles. The molecule has 3 aromatic rings. The zero-order valence-corrected chi connectivity index (χ0v) is 12.5. The van der Waals surface area contributed by atoms with Crippen LogP contribution in [0.2, 0.25) is 0 Å². The summed E-state index contributed by atoms with van der Waals surface area (Å²) in [5, 5.41) is 1.03. The normalized spacial score (nSPS) is 10.9. The Labute approximate surface area is 122 Å². The number of hydrogen-bond acceptors (Lipinski definition) is 4. The smallest absolute Gasteiger partial charge is 0.152 e. The summed E-state index contributed by atoms with van der Waals surface area (Å²) in [5.74, 6) is 1.49. The van der Waals surface area contributed by atoms with Crippen molar-refractivity contribution in [1.82, 2.24) is 4.98 Å². The minimum absolute atomic E-state index is 0.640. The molecule has 1 aromatic heterocycles. The van der Waals surface area contributed by atoms with Gasteiger partial charge in [-0.05, 0) is 38.5 Å². The van der Waals surface area contributed by atoms with Gasteiger partial charge in [0.15, 0.2) is 5.75 Å². The molecule has 0 saturated heterocycles. The van der Waals surface area contributed by atoms with E-state index in [9.17, 15) is 0 Å². The van der Waals surface area contributed by atoms with Gasteiger partial charge in [-0.25, -0.2) is 4.98 Å². The molecule has 0 spiro atoms. The first-order chi connectivity index (χ1) is 9.52. The molecule has 102 valence electrons. The van der Waals surface area contributed by atoms with Gasteiger partial charge in [-0.1, -0.05) is 17.7 Å². The number of nitrogens with two attached hydrogens (primary N) is 1. The Balaban J connectivity index is 2.03. The van der Waals surface area contributed by atoms with Crippen LogP contribution in [0.1, 0.15) is 16.1 Å². The highest BCUT2D eigenvalue weighted by Gasteiger charge is 2.09. The molecule has 20 heavy (non-hydrogen) atoms. The summed E-state index contributed by atoms with van der Waals surface area (Å²) in [6, 6.07) is 9.94. The molecule has 0 bridgehead atoms. The summed E-state index contributed by atoms with van der Waals surface area (Å²) in [6.45, 7) is 6.09. The van der Waals surface area contributed by atoms with Gasteiger partial charge in [0.1, 0.15) is 5.75 Å². The Morgan fingerprint density at radius 3 is 2.60 bits per heavy atom. The highest BCUT2D eigenvalue weighted by atomic mass is 32.1. The number of hydrogen-bond donors (Lipinski definition) is 1. The van der Waals surface area contributed by atoms with Crippen molar-refractivity contribution < 1.29 is 4.74 Å². The molecule has 3 rings (SSSR count). The van der Waals surface area contributed by atoms with Crippen LogP contribution in [-0.2, 0) is 0 Å². The van der Waals surface area contributed by atoms with Crippen molar-refractivity contribution in [2.45, 2.75) is 20.8 Å². The number of thiazole rings is 1. The van der Waals surface area contributed by atoms with Gasteiger partial charge in [0.25, 0.3) is 0 Å². The number of benzene rings is 2. The molecule has 2 aromatic carbocycles. The molecule has 0 unspecified atom stereocenters. The van der Waals surface area contributed by atoms with Crippen LogP contribution in [0.5, 0.6) is 11.5 Å². The van der Waals surface area contributed by atoms with Crippen molar-refractivity contribution in [2.24, 2.45) is 0 Å². The van der Waals surface area contributed by atoms with Gasteiger partial charge in [-0.2, -0.15) is 0 Å². The van der Waals surface area contributed by atoms with Crippen LogP contribution in [0, 0.1) is 20.8 Å². The van der Waals surface area contributed by atoms with Crippen LogP contribution in [0.15, 0.2) is 30.3 Å². The van der Waals surface area contributed by atoms with Crippen LogP contribution in [0.4, 0.5) is 5.69 Å². The number of nitrogens with zero attached hydrogens (tertiary/aromatic N) is 1. The average molecular weight is 284 g/mol. The standard InChI is InChI=1S/C16H16N2OS/c1-9-4-5-14(10(2)6-9)19-15-8-13-16(7-12(15)17)20-11(3)18-13/h4-8H,17H2,1-3H3. The van der Waals surface area contributed by atoms with Crippen molar-refractivity contribution in [2.75, 3.05) is 5.73 Å². The molecule has 2 N–H and O–H groups in total. The molecule has 1 heterocycles. The first kappa shape index (κ1) is 12.9. The van der Waals surface area contributed by atoms with Crippen LogP contribution < -0.4 is 10.5 Å². The Morgan fingerprint density at radius 1 is 1.05 bits per heavy atom. The summed E-state index contributed by atoms with van der Waals surface area (Å²) in [5.41, 5.74) is 9.96. The lowest BCUT2D eigenvalue weighted by atomic mass is 10.1. The SMILES string of the molecule is Cc1ccc(Oc2cc3nc(C)sc3cc2N)c(C)c1. The number of fused-ring (bicyclic) bond motifs is 1. The van der Waals surface area contributed by atoms with Crippen LogP contribution in [0.3, 0.4) is 0 Å². The van der Waals surface area contributed by atoms with E-state index in [2.05, 4.69) is 18.0 Å². The van der Waals surface area contributed by atoms with E-state index in [4.69, 9.17) is 10.5 Å². The van der Waals surface area contributed by atoms with E-state index in [0.717, 1.165) is 26.5 Å². The number of nitrogen functional groups attached to an aromatic ring is 1. The fraction of sp³-hybridized carbons (Fsp3) is 0.188. The van der Waals surface area contributed by atoms with Gasteiger partial charge in [0.05, 0.1) is 20.9 Å². The highest BCUT2D eigenvalue weighted by molar-refractivity contribution is 7.18. The number of rotatable bonds is 2. The number of ether oxygens (including phenoxy) is 1. The maximum absolute atomic E-state index is 6.08. The third-order valence-electron chi connectivity index (χ3n) is 3.18. The summed E-state index contributed by atoms with van der Waals surface area (Å²) >= 11 is 1.64. The first-order valence-electron chi connectivity index (χ1n) is 6.45. The molecule has 4 heteroatoms. The Hall–Kier alpha value is -2.07. The third-order valence-corrected chi connectivity index (χ3v) is 4.11.